The molecule has 3 saturated carbocycles. The van der Waals surface area contributed by atoms with E-state index < -0.39 is 0 Å². The van der Waals surface area contributed by atoms with Gasteiger partial charge in [0.15, 0.2) is 0 Å². The Balaban J connectivity index is 1.42. The van der Waals surface area contributed by atoms with E-state index in [1.54, 1.807) is 5.57 Å². The van der Waals surface area contributed by atoms with Gasteiger partial charge in [-0.1, -0.05) is 78.9 Å². The summed E-state index contributed by atoms with van der Waals surface area (Å²) in [6.45, 7) is 16.0. The molecule has 0 bridgehead atoms. The summed E-state index contributed by atoms with van der Waals surface area (Å²) in [4.78, 5) is 0. The zero-order valence-electron chi connectivity index (χ0n) is 22.4. The molecule has 3 fully saturated rings. The summed E-state index contributed by atoms with van der Waals surface area (Å²) >= 11 is 0. The van der Waals surface area contributed by atoms with Gasteiger partial charge in [-0.05, 0) is 104 Å². The van der Waals surface area contributed by atoms with Crippen LogP contribution in [-0.4, -0.2) is 12.7 Å². The molecule has 0 aliphatic heterocycles. The van der Waals surface area contributed by atoms with Crippen LogP contribution >= 0.6 is 0 Å². The Bertz CT molecular complexity index is 649. The maximum Gasteiger partial charge on any atom is 0.0612 e. The lowest BCUT2D eigenvalue weighted by atomic mass is 9.47. The second-order valence-electron chi connectivity index (χ2n) is 13.4. The molecule has 4 aliphatic rings. The normalized spacial score (nSPS) is 42.2. The number of hydrogen-bond donors (Lipinski definition) is 0. The average Bonchev–Trinajstić information content (AvgIpc) is 3.11. The van der Waals surface area contributed by atoms with Crippen LogP contribution in [0.1, 0.15) is 125 Å². The van der Waals surface area contributed by atoms with Gasteiger partial charge in [0.2, 0.25) is 0 Å². The molecule has 0 aromatic rings. The lowest BCUT2D eigenvalue weighted by molar-refractivity contribution is -0.0640. The predicted molar refractivity (Wildman–Crippen MR) is 138 cm³/mol. The van der Waals surface area contributed by atoms with Crippen LogP contribution in [0.25, 0.3) is 0 Å². The van der Waals surface area contributed by atoms with E-state index in [0.29, 0.717) is 16.9 Å². The van der Waals surface area contributed by atoms with Gasteiger partial charge in [0, 0.05) is 6.61 Å². The molecule has 32 heavy (non-hydrogen) atoms. The topological polar surface area (TPSA) is 9.23 Å². The number of unbranched alkanes of at least 4 members (excludes halogenated alkanes) is 1. The third-order valence-corrected chi connectivity index (χ3v) is 11.1. The van der Waals surface area contributed by atoms with Crippen molar-refractivity contribution >= 4 is 0 Å². The standard InChI is InChI=1S/C31H54O/c1-7-8-20-32-25-16-18-30(5)24(21-25)12-13-26-28-15-14-27(23(4)11-9-10-22(2)3)31(28,6)19-17-29(26)30/h12,22-23,25-29H,7-11,13-21H2,1-6H3/t23?,25-,26+,27?,28?,29?,30-,31+/m0/s1. The minimum absolute atomic E-state index is 0.468. The molecule has 0 aromatic carbocycles. The first-order valence-electron chi connectivity index (χ1n) is 14.6. The summed E-state index contributed by atoms with van der Waals surface area (Å²) in [5.74, 6) is 5.62. The molecule has 184 valence electrons. The Morgan fingerprint density at radius 3 is 2.53 bits per heavy atom. The molecule has 0 radical (unpaired) electrons. The van der Waals surface area contributed by atoms with Crippen molar-refractivity contribution in [2.75, 3.05) is 6.61 Å². The van der Waals surface area contributed by atoms with E-state index in [0.717, 1.165) is 42.1 Å². The molecule has 4 unspecified atom stereocenters. The van der Waals surface area contributed by atoms with Gasteiger partial charge in [0.25, 0.3) is 0 Å². The van der Waals surface area contributed by atoms with Gasteiger partial charge in [-0.25, -0.2) is 0 Å². The lowest BCUT2D eigenvalue weighted by Gasteiger charge is -2.58. The zero-order chi connectivity index (χ0) is 22.9. The zero-order valence-corrected chi connectivity index (χ0v) is 22.4. The highest BCUT2D eigenvalue weighted by Gasteiger charge is 2.59. The fourth-order valence-electron chi connectivity index (χ4n) is 9.19. The highest BCUT2D eigenvalue weighted by molar-refractivity contribution is 5.25. The molecule has 4 aliphatic carbocycles. The molecule has 0 saturated heterocycles. The van der Waals surface area contributed by atoms with Crippen molar-refractivity contribution in [2.45, 2.75) is 131 Å². The van der Waals surface area contributed by atoms with E-state index >= 15 is 0 Å². The van der Waals surface area contributed by atoms with Crippen LogP contribution in [0.2, 0.25) is 0 Å². The highest BCUT2D eigenvalue weighted by Crippen LogP contribution is 2.67. The van der Waals surface area contributed by atoms with Crippen LogP contribution in [0.5, 0.6) is 0 Å². The van der Waals surface area contributed by atoms with E-state index in [2.05, 4.69) is 47.6 Å². The Morgan fingerprint density at radius 2 is 1.78 bits per heavy atom. The van der Waals surface area contributed by atoms with E-state index in [4.69, 9.17) is 4.74 Å². The molecule has 0 aromatic heterocycles. The van der Waals surface area contributed by atoms with Gasteiger partial charge >= 0.3 is 0 Å². The maximum atomic E-state index is 6.29. The van der Waals surface area contributed by atoms with Crippen molar-refractivity contribution < 1.29 is 4.74 Å². The number of fused-ring (bicyclic) bond motifs is 5. The second kappa shape index (κ2) is 10.1. The van der Waals surface area contributed by atoms with Crippen LogP contribution in [0.15, 0.2) is 11.6 Å². The van der Waals surface area contributed by atoms with Crippen LogP contribution in [0.3, 0.4) is 0 Å². The Hall–Kier alpha value is -0.300. The molecule has 4 rings (SSSR count). The Kier molecular flexibility index (Phi) is 7.86. The fraction of sp³-hybridized carbons (Fsp3) is 0.935. The summed E-state index contributed by atoms with van der Waals surface area (Å²) in [6.07, 6.45) is 21.2. The first-order valence-corrected chi connectivity index (χ1v) is 14.6. The van der Waals surface area contributed by atoms with Crippen LogP contribution in [0, 0.1) is 46.3 Å². The summed E-state index contributed by atoms with van der Waals surface area (Å²) < 4.78 is 6.29. The molecule has 1 heteroatoms. The maximum absolute atomic E-state index is 6.29. The molecule has 8 atom stereocenters. The summed E-state index contributed by atoms with van der Waals surface area (Å²) in [6, 6.07) is 0. The van der Waals surface area contributed by atoms with E-state index in [1.807, 2.05) is 0 Å². The van der Waals surface area contributed by atoms with Crippen molar-refractivity contribution in [3.05, 3.63) is 11.6 Å². The third kappa shape index (κ3) is 4.63. The minimum atomic E-state index is 0.468. The number of rotatable bonds is 9. The summed E-state index contributed by atoms with van der Waals surface area (Å²) in [5.41, 5.74) is 2.86. The van der Waals surface area contributed by atoms with Crippen LogP contribution in [0.4, 0.5) is 0 Å². The highest BCUT2D eigenvalue weighted by atomic mass is 16.5. The first kappa shape index (κ1) is 24.8. The molecule has 0 spiro atoms. The fourth-order valence-corrected chi connectivity index (χ4v) is 9.19. The average molecular weight is 443 g/mol. The van der Waals surface area contributed by atoms with Crippen LogP contribution in [-0.2, 0) is 4.74 Å². The van der Waals surface area contributed by atoms with Crippen LogP contribution < -0.4 is 0 Å². The van der Waals surface area contributed by atoms with Crippen molar-refractivity contribution in [3.63, 3.8) is 0 Å². The van der Waals surface area contributed by atoms with Crippen molar-refractivity contribution in [3.8, 4) is 0 Å². The van der Waals surface area contributed by atoms with Crippen molar-refractivity contribution in [1.29, 1.82) is 0 Å². The van der Waals surface area contributed by atoms with Gasteiger partial charge < -0.3 is 4.74 Å². The number of ether oxygens (including phenoxy) is 1. The quantitative estimate of drug-likeness (QED) is 0.255. The molecule has 1 nitrogen and oxygen atoms in total. The van der Waals surface area contributed by atoms with E-state index in [9.17, 15) is 0 Å². The number of hydrogen-bond acceptors (Lipinski definition) is 1. The van der Waals surface area contributed by atoms with Gasteiger partial charge in [0.05, 0.1) is 6.10 Å². The number of allylic oxidation sites excluding steroid dienone is 1. The molecular weight excluding hydrogens is 388 g/mol. The van der Waals surface area contributed by atoms with Crippen molar-refractivity contribution in [2.24, 2.45) is 46.3 Å². The first-order chi connectivity index (χ1) is 15.3. The van der Waals surface area contributed by atoms with Gasteiger partial charge in [-0.3, -0.25) is 0 Å². The predicted octanol–water partition coefficient (Wildman–Crippen LogP) is 9.21. The molecule has 0 heterocycles. The minimum Gasteiger partial charge on any atom is -0.378 e. The van der Waals surface area contributed by atoms with Gasteiger partial charge in [-0.15, -0.1) is 0 Å². The molecule has 0 amide bonds. The van der Waals surface area contributed by atoms with Gasteiger partial charge in [-0.2, -0.15) is 0 Å². The van der Waals surface area contributed by atoms with Gasteiger partial charge in [0.1, 0.15) is 0 Å². The Morgan fingerprint density at radius 1 is 0.969 bits per heavy atom. The summed E-state index contributed by atoms with van der Waals surface area (Å²) in [5, 5.41) is 0. The monoisotopic (exact) mass is 442 g/mol. The SMILES string of the molecule is CCCCO[C@H]1CC[C@@]2(C)C(=CC[C@@H]3C4CCC(C(C)CCCC(C)C)[C@@]4(C)CCC32)C1. The second-order valence-corrected chi connectivity index (χ2v) is 13.4. The Labute approximate surface area is 200 Å². The largest absolute Gasteiger partial charge is 0.378 e. The molecule has 0 N–H and O–H groups in total. The van der Waals surface area contributed by atoms with Crippen molar-refractivity contribution in [1.82, 2.24) is 0 Å². The van der Waals surface area contributed by atoms with E-state index in [-0.39, 0.29) is 0 Å². The van der Waals surface area contributed by atoms with E-state index in [1.165, 1.54) is 83.5 Å². The lowest BCUT2D eigenvalue weighted by Crippen LogP contribution is -2.51. The smallest absolute Gasteiger partial charge is 0.0612 e. The summed E-state index contributed by atoms with van der Waals surface area (Å²) in [7, 11) is 0. The molecular formula is C31H54O. The third-order valence-electron chi connectivity index (χ3n) is 11.1.